The fourth-order valence-corrected chi connectivity index (χ4v) is 6.33. The highest BCUT2D eigenvalue weighted by atomic mass is 16.6. The van der Waals surface area contributed by atoms with Crippen molar-refractivity contribution in [3.05, 3.63) is 65.7 Å². The number of piperidine rings is 2. The van der Waals surface area contributed by atoms with Crippen LogP contribution < -0.4 is 15.4 Å². The molecule has 3 aliphatic heterocycles. The molecule has 0 aliphatic carbocycles. The van der Waals surface area contributed by atoms with Gasteiger partial charge in [-0.3, -0.25) is 4.79 Å². The first-order valence-electron chi connectivity index (χ1n) is 15.4. The van der Waals surface area contributed by atoms with Gasteiger partial charge in [0.25, 0.3) is 0 Å². The second-order valence-corrected chi connectivity index (χ2v) is 12.6. The van der Waals surface area contributed by atoms with E-state index in [4.69, 9.17) is 14.2 Å². The van der Waals surface area contributed by atoms with Gasteiger partial charge in [-0.2, -0.15) is 0 Å². The third-order valence-electron chi connectivity index (χ3n) is 8.29. The maximum atomic E-state index is 13.5. The van der Waals surface area contributed by atoms with E-state index in [2.05, 4.69) is 47.0 Å². The molecule has 2 unspecified atom stereocenters. The summed E-state index contributed by atoms with van der Waals surface area (Å²) in [4.78, 5) is 41.0. The zero-order valence-electron chi connectivity index (χ0n) is 25.4. The lowest BCUT2D eigenvalue weighted by molar-refractivity contribution is -0.139. The summed E-state index contributed by atoms with van der Waals surface area (Å²) in [5.41, 5.74) is 1.87. The molecule has 2 aromatic carbocycles. The molecule has 3 heterocycles. The van der Waals surface area contributed by atoms with Gasteiger partial charge in [-0.1, -0.05) is 42.5 Å². The molecule has 4 amide bonds. The van der Waals surface area contributed by atoms with E-state index in [0.717, 1.165) is 25.0 Å². The lowest BCUT2D eigenvalue weighted by atomic mass is 9.76. The summed E-state index contributed by atoms with van der Waals surface area (Å²) in [7, 11) is 0. The normalized spacial score (nSPS) is 21.8. The van der Waals surface area contributed by atoms with Crippen molar-refractivity contribution in [2.24, 2.45) is 5.92 Å². The molecular formula is C33H44N4O6. The molecule has 3 aliphatic rings. The number of hydrogen-bond donors (Lipinski definition) is 2. The molecule has 232 valence electrons. The quantitative estimate of drug-likeness (QED) is 0.468. The molecule has 0 saturated carbocycles. The van der Waals surface area contributed by atoms with Crippen molar-refractivity contribution >= 4 is 18.0 Å². The van der Waals surface area contributed by atoms with Crippen LogP contribution in [0.1, 0.15) is 57.1 Å². The monoisotopic (exact) mass is 592 g/mol. The largest absolute Gasteiger partial charge is 0.492 e. The van der Waals surface area contributed by atoms with Crippen LogP contribution in [-0.2, 0) is 14.3 Å². The number of nitrogens with one attached hydrogen (secondary N) is 2. The molecule has 5 rings (SSSR count). The molecule has 3 saturated heterocycles. The minimum atomic E-state index is -0.546. The zero-order chi connectivity index (χ0) is 30.4. The van der Waals surface area contributed by atoms with Crippen molar-refractivity contribution in [2.45, 2.75) is 63.7 Å². The van der Waals surface area contributed by atoms with Gasteiger partial charge in [-0.15, -0.1) is 0 Å². The van der Waals surface area contributed by atoms with Gasteiger partial charge < -0.3 is 34.6 Å². The standard InChI is InChI=1S/C33H44N4O6/c1-33(2,3)43-31(39)34-15-19-41-26-11-7-10-25(20-26)30(23-8-5-4-6-9-23)24-12-16-36(17-13-24)32(40)37-18-14-28-27(21-37)35-29(38)22-42-28/h4-11,20,24,27-28,30H,12-19,21-22H2,1-3H3,(H,34,39)(H,35,38)/t27-,28?,30?/m1/s1. The summed E-state index contributed by atoms with van der Waals surface area (Å²) >= 11 is 0. The highest BCUT2D eigenvalue weighted by Crippen LogP contribution is 2.39. The number of likely N-dealkylation sites (tertiary alicyclic amines) is 2. The lowest BCUT2D eigenvalue weighted by Gasteiger charge is -2.44. The van der Waals surface area contributed by atoms with Crippen molar-refractivity contribution in [2.75, 3.05) is 45.9 Å². The average Bonchev–Trinajstić information content (AvgIpc) is 2.99. The molecule has 0 spiro atoms. The molecule has 0 radical (unpaired) electrons. The summed E-state index contributed by atoms with van der Waals surface area (Å²) in [5, 5.41) is 5.72. The van der Waals surface area contributed by atoms with E-state index in [1.54, 1.807) is 0 Å². The van der Waals surface area contributed by atoms with E-state index in [1.807, 2.05) is 48.8 Å². The number of hydrogen-bond acceptors (Lipinski definition) is 6. The molecule has 0 bridgehead atoms. The first-order valence-corrected chi connectivity index (χ1v) is 15.4. The van der Waals surface area contributed by atoms with Crippen LogP contribution in [0.3, 0.4) is 0 Å². The van der Waals surface area contributed by atoms with Gasteiger partial charge in [-0.25, -0.2) is 9.59 Å². The topological polar surface area (TPSA) is 109 Å². The van der Waals surface area contributed by atoms with E-state index >= 15 is 0 Å². The van der Waals surface area contributed by atoms with E-state index in [9.17, 15) is 14.4 Å². The molecule has 10 heteroatoms. The van der Waals surface area contributed by atoms with Gasteiger partial charge in [-0.05, 0) is 69.2 Å². The van der Waals surface area contributed by atoms with Crippen molar-refractivity contribution < 1.29 is 28.6 Å². The fourth-order valence-electron chi connectivity index (χ4n) is 6.33. The van der Waals surface area contributed by atoms with E-state index in [-0.39, 0.29) is 36.6 Å². The van der Waals surface area contributed by atoms with Crippen LogP contribution in [0, 0.1) is 5.92 Å². The smallest absolute Gasteiger partial charge is 0.407 e. The van der Waals surface area contributed by atoms with Crippen LogP contribution in [-0.4, -0.2) is 91.5 Å². The summed E-state index contributed by atoms with van der Waals surface area (Å²) in [5.74, 6) is 1.15. The fraction of sp³-hybridized carbons (Fsp3) is 0.545. The van der Waals surface area contributed by atoms with Crippen LogP contribution in [0.15, 0.2) is 54.6 Å². The molecule has 2 N–H and O–H groups in total. The summed E-state index contributed by atoms with van der Waals surface area (Å²) < 4.78 is 16.9. The maximum Gasteiger partial charge on any atom is 0.407 e. The number of urea groups is 1. The first kappa shape index (κ1) is 30.7. The Morgan fingerprint density at radius 2 is 1.72 bits per heavy atom. The first-order chi connectivity index (χ1) is 20.7. The van der Waals surface area contributed by atoms with Gasteiger partial charge in [0.1, 0.15) is 24.6 Å². The average molecular weight is 593 g/mol. The van der Waals surface area contributed by atoms with Gasteiger partial charge in [0.15, 0.2) is 0 Å². The summed E-state index contributed by atoms with van der Waals surface area (Å²) in [6.07, 6.45) is 2.03. The zero-order valence-corrected chi connectivity index (χ0v) is 25.4. The van der Waals surface area contributed by atoms with Crippen LogP contribution in [0.25, 0.3) is 0 Å². The highest BCUT2D eigenvalue weighted by molar-refractivity contribution is 5.79. The number of carbonyl (C=O) groups is 3. The maximum absolute atomic E-state index is 13.5. The number of benzene rings is 2. The molecule has 43 heavy (non-hydrogen) atoms. The third kappa shape index (κ3) is 8.19. The van der Waals surface area contributed by atoms with Crippen molar-refractivity contribution in [1.82, 2.24) is 20.4 Å². The predicted octanol–water partition coefficient (Wildman–Crippen LogP) is 4.14. The molecule has 3 atom stereocenters. The second-order valence-electron chi connectivity index (χ2n) is 12.6. The van der Waals surface area contributed by atoms with Gasteiger partial charge >= 0.3 is 12.1 Å². The lowest BCUT2D eigenvalue weighted by Crippen LogP contribution is -2.62. The van der Waals surface area contributed by atoms with E-state index in [1.165, 1.54) is 11.1 Å². The van der Waals surface area contributed by atoms with Crippen molar-refractivity contribution in [3.63, 3.8) is 0 Å². The number of morpholine rings is 1. The number of fused-ring (bicyclic) bond motifs is 1. The molecule has 10 nitrogen and oxygen atoms in total. The van der Waals surface area contributed by atoms with E-state index in [0.29, 0.717) is 45.2 Å². The summed E-state index contributed by atoms with van der Waals surface area (Å²) in [6.45, 7) is 8.76. The minimum absolute atomic E-state index is 0.0138. The van der Waals surface area contributed by atoms with Gasteiger partial charge in [0.05, 0.1) is 18.7 Å². The second kappa shape index (κ2) is 13.7. The molecule has 2 aromatic rings. The van der Waals surface area contributed by atoms with Crippen LogP contribution in [0.2, 0.25) is 0 Å². The Morgan fingerprint density at radius 1 is 1.00 bits per heavy atom. The number of alkyl carbamates (subject to hydrolysis) is 1. The predicted molar refractivity (Wildman–Crippen MR) is 162 cm³/mol. The van der Waals surface area contributed by atoms with E-state index < -0.39 is 11.7 Å². The number of amides is 4. The number of rotatable bonds is 7. The van der Waals surface area contributed by atoms with Gasteiger partial charge in [0, 0.05) is 32.1 Å². The number of ether oxygens (including phenoxy) is 3. The van der Waals surface area contributed by atoms with Crippen LogP contribution in [0.4, 0.5) is 9.59 Å². The Kier molecular flexibility index (Phi) is 9.75. The van der Waals surface area contributed by atoms with Crippen molar-refractivity contribution in [3.8, 4) is 5.75 Å². The third-order valence-corrected chi connectivity index (χ3v) is 8.29. The SMILES string of the molecule is CC(C)(C)OC(=O)NCCOc1cccc(C(c2ccccc2)C2CCN(C(=O)N3CCC4OCC(=O)N[C@@H]4C3)CC2)c1. The Hall–Kier alpha value is -3.79. The van der Waals surface area contributed by atoms with Crippen LogP contribution in [0.5, 0.6) is 5.75 Å². The Balaban J connectivity index is 1.19. The van der Waals surface area contributed by atoms with Crippen molar-refractivity contribution in [1.29, 1.82) is 0 Å². The summed E-state index contributed by atoms with van der Waals surface area (Å²) in [6, 6.07) is 18.6. The number of nitrogens with zero attached hydrogens (tertiary/aromatic N) is 2. The van der Waals surface area contributed by atoms with Crippen LogP contribution >= 0.6 is 0 Å². The molecule has 0 aromatic heterocycles. The molecular weight excluding hydrogens is 548 g/mol. The Morgan fingerprint density at radius 3 is 2.47 bits per heavy atom. The number of carbonyl (C=O) groups excluding carboxylic acids is 3. The highest BCUT2D eigenvalue weighted by Gasteiger charge is 2.38. The Bertz CT molecular complexity index is 1260. The van der Waals surface area contributed by atoms with Gasteiger partial charge in [0.2, 0.25) is 5.91 Å². The Labute approximate surface area is 254 Å². The minimum Gasteiger partial charge on any atom is -0.492 e. The molecule has 3 fully saturated rings.